The normalized spacial score (nSPS) is 14.0. The Hall–Kier alpha value is -2.73. The minimum absolute atomic E-state index is 0.0994. The zero-order chi connectivity index (χ0) is 20.1. The Labute approximate surface area is 175 Å². The van der Waals surface area contributed by atoms with Crippen LogP contribution in [0.15, 0.2) is 64.0 Å². The Bertz CT molecular complexity index is 980. The minimum atomic E-state index is -0.0994. The van der Waals surface area contributed by atoms with E-state index >= 15 is 0 Å². The Morgan fingerprint density at radius 2 is 1.93 bits per heavy atom. The second kappa shape index (κ2) is 9.18. The van der Waals surface area contributed by atoms with Crippen LogP contribution in [0.25, 0.3) is 0 Å². The van der Waals surface area contributed by atoms with Gasteiger partial charge in [0.25, 0.3) is 5.91 Å². The zero-order valence-corrected chi connectivity index (χ0v) is 17.4. The van der Waals surface area contributed by atoms with Crippen LogP contribution in [0.2, 0.25) is 0 Å². The van der Waals surface area contributed by atoms with Gasteiger partial charge in [-0.2, -0.15) is 0 Å². The lowest BCUT2D eigenvalue weighted by atomic mass is 10.1. The number of hydrogen-bond acceptors (Lipinski definition) is 5. The van der Waals surface area contributed by atoms with E-state index in [1.165, 1.54) is 24.9 Å². The van der Waals surface area contributed by atoms with E-state index < -0.39 is 0 Å². The smallest absolute Gasteiger partial charge is 0.256 e. The van der Waals surface area contributed by atoms with Crippen molar-refractivity contribution < 1.29 is 9.32 Å². The maximum absolute atomic E-state index is 13.0. The van der Waals surface area contributed by atoms with Crippen molar-refractivity contribution in [3.05, 3.63) is 71.6 Å². The molecule has 6 heteroatoms. The summed E-state index contributed by atoms with van der Waals surface area (Å²) in [6, 6.07) is 17.7. The molecule has 2 aromatic carbocycles. The standard InChI is InChI=1S/C23H25N3O2S/c1-17-14-20(28-25-17)16-29-22-11-4-3-10-21(22)23(27)24-18-8-7-9-19(15-18)26-12-5-2-6-13-26/h3-4,7-11,14-15H,2,5-6,12-13,16H2,1H3,(H,24,27). The molecule has 0 bridgehead atoms. The second-order valence-corrected chi connectivity index (χ2v) is 8.29. The number of rotatable bonds is 6. The molecule has 150 valence electrons. The number of piperidine rings is 1. The predicted molar refractivity (Wildman–Crippen MR) is 118 cm³/mol. The Balaban J connectivity index is 1.46. The van der Waals surface area contributed by atoms with Gasteiger partial charge >= 0.3 is 0 Å². The minimum Gasteiger partial charge on any atom is -0.371 e. The highest BCUT2D eigenvalue weighted by atomic mass is 32.2. The molecule has 1 saturated heterocycles. The first-order chi connectivity index (χ1) is 14.2. The molecule has 1 aliphatic rings. The molecule has 29 heavy (non-hydrogen) atoms. The fraction of sp³-hybridized carbons (Fsp3) is 0.304. The van der Waals surface area contributed by atoms with Crippen LogP contribution >= 0.6 is 11.8 Å². The summed E-state index contributed by atoms with van der Waals surface area (Å²) in [5.41, 5.74) is 3.52. The van der Waals surface area contributed by atoms with Crippen LogP contribution in [-0.4, -0.2) is 24.2 Å². The molecule has 1 fully saturated rings. The summed E-state index contributed by atoms with van der Waals surface area (Å²) in [5.74, 6) is 1.34. The molecule has 1 aromatic heterocycles. The quantitative estimate of drug-likeness (QED) is 0.545. The average Bonchev–Trinajstić information content (AvgIpc) is 3.18. The van der Waals surface area contributed by atoms with Crippen LogP contribution in [0.4, 0.5) is 11.4 Å². The number of benzene rings is 2. The number of carbonyl (C=O) groups excluding carboxylic acids is 1. The summed E-state index contributed by atoms with van der Waals surface area (Å²) >= 11 is 1.58. The van der Waals surface area contributed by atoms with Gasteiger partial charge in [0.15, 0.2) is 0 Å². The number of amides is 1. The highest BCUT2D eigenvalue weighted by Gasteiger charge is 2.15. The van der Waals surface area contributed by atoms with Gasteiger partial charge in [0.2, 0.25) is 0 Å². The maximum Gasteiger partial charge on any atom is 0.256 e. The zero-order valence-electron chi connectivity index (χ0n) is 16.6. The lowest BCUT2D eigenvalue weighted by Crippen LogP contribution is -2.29. The summed E-state index contributed by atoms with van der Waals surface area (Å²) in [6.45, 7) is 4.06. The molecule has 0 atom stereocenters. The van der Waals surface area contributed by atoms with Crippen LogP contribution in [-0.2, 0) is 5.75 Å². The lowest BCUT2D eigenvalue weighted by molar-refractivity contribution is 0.102. The van der Waals surface area contributed by atoms with Gasteiger partial charge in [-0.3, -0.25) is 4.79 Å². The molecule has 0 aliphatic carbocycles. The molecular formula is C23H25N3O2S. The second-order valence-electron chi connectivity index (χ2n) is 7.27. The first kappa shape index (κ1) is 19.6. The molecule has 5 nitrogen and oxygen atoms in total. The van der Waals surface area contributed by atoms with Crippen LogP contribution < -0.4 is 10.2 Å². The Kier molecular flexibility index (Phi) is 6.20. The monoisotopic (exact) mass is 407 g/mol. The van der Waals surface area contributed by atoms with Gasteiger partial charge in [-0.15, -0.1) is 11.8 Å². The summed E-state index contributed by atoms with van der Waals surface area (Å²) < 4.78 is 5.28. The van der Waals surface area contributed by atoms with Crippen LogP contribution in [0.1, 0.15) is 41.1 Å². The lowest BCUT2D eigenvalue weighted by Gasteiger charge is -2.29. The van der Waals surface area contributed by atoms with Gasteiger partial charge < -0.3 is 14.7 Å². The highest BCUT2D eigenvalue weighted by Crippen LogP contribution is 2.28. The van der Waals surface area contributed by atoms with Crippen molar-refractivity contribution in [1.82, 2.24) is 5.16 Å². The molecule has 1 N–H and O–H groups in total. The molecule has 1 aliphatic heterocycles. The Morgan fingerprint density at radius 3 is 2.72 bits per heavy atom. The van der Waals surface area contributed by atoms with E-state index in [0.29, 0.717) is 11.3 Å². The van der Waals surface area contributed by atoms with Crippen molar-refractivity contribution in [2.45, 2.75) is 36.8 Å². The van der Waals surface area contributed by atoms with Gasteiger partial charge in [0.05, 0.1) is 17.0 Å². The van der Waals surface area contributed by atoms with E-state index in [-0.39, 0.29) is 5.91 Å². The number of nitrogens with one attached hydrogen (secondary N) is 1. The third-order valence-electron chi connectivity index (χ3n) is 5.00. The predicted octanol–water partition coefficient (Wildman–Crippen LogP) is 5.52. The first-order valence-electron chi connectivity index (χ1n) is 9.99. The number of aromatic nitrogens is 1. The average molecular weight is 408 g/mol. The summed E-state index contributed by atoms with van der Waals surface area (Å²) in [6.07, 6.45) is 3.76. The number of hydrogen-bond donors (Lipinski definition) is 1. The number of thioether (sulfide) groups is 1. The van der Waals surface area contributed by atoms with E-state index in [2.05, 4.69) is 27.5 Å². The van der Waals surface area contributed by atoms with Crippen molar-refractivity contribution in [3.8, 4) is 0 Å². The van der Waals surface area contributed by atoms with Crippen LogP contribution in [0, 0.1) is 6.92 Å². The molecule has 2 heterocycles. The van der Waals surface area contributed by atoms with Gasteiger partial charge in [-0.05, 0) is 56.5 Å². The molecule has 4 rings (SSSR count). The fourth-order valence-corrected chi connectivity index (χ4v) is 4.47. The molecule has 1 amide bonds. The summed E-state index contributed by atoms with van der Waals surface area (Å²) in [7, 11) is 0. The number of anilines is 2. The SMILES string of the molecule is Cc1cc(CSc2ccccc2C(=O)Nc2cccc(N3CCCCC3)c2)on1. The fourth-order valence-electron chi connectivity index (χ4n) is 3.54. The van der Waals surface area contributed by atoms with E-state index in [9.17, 15) is 4.79 Å². The number of carbonyl (C=O) groups is 1. The molecule has 3 aromatic rings. The van der Waals surface area contributed by atoms with Crippen molar-refractivity contribution >= 4 is 29.0 Å². The number of nitrogens with zero attached hydrogens (tertiary/aromatic N) is 2. The Morgan fingerprint density at radius 1 is 1.10 bits per heavy atom. The van der Waals surface area contributed by atoms with Crippen molar-refractivity contribution in [2.24, 2.45) is 0 Å². The molecule has 0 saturated carbocycles. The largest absolute Gasteiger partial charge is 0.371 e. The van der Waals surface area contributed by atoms with Crippen LogP contribution in [0.5, 0.6) is 0 Å². The van der Waals surface area contributed by atoms with Crippen molar-refractivity contribution in [3.63, 3.8) is 0 Å². The van der Waals surface area contributed by atoms with E-state index in [1.54, 1.807) is 11.8 Å². The summed E-state index contributed by atoms with van der Waals surface area (Å²) in [4.78, 5) is 16.3. The van der Waals surface area contributed by atoms with E-state index in [4.69, 9.17) is 4.52 Å². The maximum atomic E-state index is 13.0. The van der Waals surface area contributed by atoms with E-state index in [1.807, 2.05) is 49.4 Å². The van der Waals surface area contributed by atoms with Gasteiger partial charge in [-0.25, -0.2) is 0 Å². The molecular weight excluding hydrogens is 382 g/mol. The summed E-state index contributed by atoms with van der Waals surface area (Å²) in [5, 5.41) is 6.98. The molecule has 0 spiro atoms. The first-order valence-corrected chi connectivity index (χ1v) is 11.0. The van der Waals surface area contributed by atoms with Gasteiger partial charge in [-0.1, -0.05) is 23.4 Å². The topological polar surface area (TPSA) is 58.4 Å². The molecule has 0 radical (unpaired) electrons. The van der Waals surface area contributed by atoms with Crippen molar-refractivity contribution in [1.29, 1.82) is 0 Å². The van der Waals surface area contributed by atoms with Crippen molar-refractivity contribution in [2.75, 3.05) is 23.3 Å². The molecule has 0 unspecified atom stereocenters. The van der Waals surface area contributed by atoms with Gasteiger partial charge in [0.1, 0.15) is 5.76 Å². The van der Waals surface area contributed by atoms with E-state index in [0.717, 1.165) is 35.1 Å². The third kappa shape index (κ3) is 5.01. The number of aryl methyl sites for hydroxylation is 1. The van der Waals surface area contributed by atoms with Gasteiger partial charge in [0, 0.05) is 35.4 Å². The van der Waals surface area contributed by atoms with Crippen LogP contribution in [0.3, 0.4) is 0 Å². The highest BCUT2D eigenvalue weighted by molar-refractivity contribution is 7.98. The third-order valence-corrected chi connectivity index (χ3v) is 6.10.